The minimum atomic E-state index is -0.00699. The van der Waals surface area contributed by atoms with Gasteiger partial charge in [0.2, 0.25) is 0 Å². The summed E-state index contributed by atoms with van der Waals surface area (Å²) in [5.41, 5.74) is 2.62. The summed E-state index contributed by atoms with van der Waals surface area (Å²) in [5, 5.41) is 9.18. The Morgan fingerprint density at radius 3 is 2.76 bits per heavy atom. The summed E-state index contributed by atoms with van der Waals surface area (Å²) < 4.78 is 5.80. The molecule has 2 aliphatic rings. The number of ether oxygens (including phenoxy) is 1. The monoisotopic (exact) mass is 227 g/mol. The number of hydrogen-bond acceptors (Lipinski definition) is 2. The lowest BCUT2D eigenvalue weighted by Gasteiger charge is -2.27. The van der Waals surface area contributed by atoms with Crippen LogP contribution in [0.5, 0.6) is 0 Å². The van der Waals surface area contributed by atoms with E-state index in [1.807, 2.05) is 0 Å². The first-order chi connectivity index (χ1) is 8.38. The molecule has 1 aliphatic heterocycles. The van der Waals surface area contributed by atoms with Crippen molar-refractivity contribution in [3.63, 3.8) is 0 Å². The van der Waals surface area contributed by atoms with Gasteiger partial charge in [0.25, 0.3) is 0 Å². The molecule has 1 saturated carbocycles. The quantitative estimate of drug-likeness (QED) is 0.774. The van der Waals surface area contributed by atoms with Gasteiger partial charge in [0.1, 0.15) is 0 Å². The first kappa shape index (κ1) is 10.8. The third-order valence-corrected chi connectivity index (χ3v) is 3.78. The fraction of sp³-hybridized carbons (Fsp3) is 0.533. The third-order valence-electron chi connectivity index (χ3n) is 3.78. The minimum absolute atomic E-state index is 0.00699. The molecule has 0 aromatic heterocycles. The van der Waals surface area contributed by atoms with Gasteiger partial charge in [-0.05, 0) is 42.7 Å². The van der Waals surface area contributed by atoms with Gasteiger partial charge >= 0.3 is 0 Å². The van der Waals surface area contributed by atoms with E-state index in [2.05, 4.69) is 30.3 Å². The summed E-state index contributed by atoms with van der Waals surface area (Å²) >= 11 is 0. The van der Waals surface area contributed by atoms with E-state index >= 15 is 0 Å². The van der Waals surface area contributed by atoms with E-state index in [0.29, 0.717) is 0 Å². The number of nitriles is 1. The van der Waals surface area contributed by atoms with Crippen LogP contribution in [0.15, 0.2) is 24.3 Å². The van der Waals surface area contributed by atoms with Crippen molar-refractivity contribution in [2.75, 3.05) is 6.61 Å². The largest absolute Gasteiger partial charge is 0.372 e. The van der Waals surface area contributed by atoms with Crippen molar-refractivity contribution in [3.05, 3.63) is 35.4 Å². The Bertz CT molecular complexity index is 444. The Morgan fingerprint density at radius 1 is 1.18 bits per heavy atom. The van der Waals surface area contributed by atoms with Crippen LogP contribution in [0.3, 0.4) is 0 Å². The second kappa shape index (κ2) is 4.50. The third kappa shape index (κ3) is 2.21. The zero-order valence-electron chi connectivity index (χ0n) is 9.93. The molecule has 0 bridgehead atoms. The summed E-state index contributed by atoms with van der Waals surface area (Å²) in [6, 6.07) is 11.0. The van der Waals surface area contributed by atoms with Crippen LogP contribution in [-0.2, 0) is 4.74 Å². The Balaban J connectivity index is 1.86. The highest BCUT2D eigenvalue weighted by Gasteiger charge is 2.29. The average Bonchev–Trinajstić information content (AvgIpc) is 3.23. The summed E-state index contributed by atoms with van der Waals surface area (Å²) in [6.45, 7) is 0.788. The second-order valence-electron chi connectivity index (χ2n) is 5.11. The zero-order valence-corrected chi connectivity index (χ0v) is 9.93. The molecule has 17 heavy (non-hydrogen) atoms. The van der Waals surface area contributed by atoms with Crippen molar-refractivity contribution in [2.24, 2.45) is 5.92 Å². The van der Waals surface area contributed by atoms with Crippen molar-refractivity contribution in [2.45, 2.75) is 37.7 Å². The highest BCUT2D eigenvalue weighted by atomic mass is 16.5. The molecule has 2 nitrogen and oxygen atoms in total. The maximum absolute atomic E-state index is 9.18. The lowest BCUT2D eigenvalue weighted by molar-refractivity contribution is -0.0102. The first-order valence-electron chi connectivity index (χ1n) is 6.49. The maximum Gasteiger partial charge on any atom is 0.0983 e. The predicted octanol–water partition coefficient (Wildman–Crippen LogP) is 3.56. The summed E-state index contributed by atoms with van der Waals surface area (Å²) in [5.74, 6) is 0.789. The normalized spacial score (nSPS) is 28.6. The van der Waals surface area contributed by atoms with E-state index in [4.69, 9.17) is 4.74 Å². The fourth-order valence-corrected chi connectivity index (χ4v) is 2.65. The van der Waals surface area contributed by atoms with E-state index in [1.54, 1.807) is 0 Å². The van der Waals surface area contributed by atoms with Gasteiger partial charge in [0.05, 0.1) is 18.1 Å². The van der Waals surface area contributed by atoms with Gasteiger partial charge < -0.3 is 4.74 Å². The topological polar surface area (TPSA) is 33.0 Å². The second-order valence-corrected chi connectivity index (χ2v) is 5.11. The minimum Gasteiger partial charge on any atom is -0.372 e. The number of benzene rings is 1. The molecule has 88 valence electrons. The lowest BCUT2D eigenvalue weighted by Crippen LogP contribution is -2.21. The van der Waals surface area contributed by atoms with E-state index in [9.17, 15) is 5.26 Å². The van der Waals surface area contributed by atoms with Crippen LogP contribution in [0.1, 0.15) is 48.8 Å². The lowest BCUT2D eigenvalue weighted by atomic mass is 9.89. The van der Waals surface area contributed by atoms with E-state index in [1.165, 1.54) is 24.0 Å². The summed E-state index contributed by atoms with van der Waals surface area (Å²) in [7, 11) is 0. The molecule has 0 radical (unpaired) electrons. The van der Waals surface area contributed by atoms with Gasteiger partial charge in [-0.3, -0.25) is 0 Å². The Hall–Kier alpha value is -1.33. The van der Waals surface area contributed by atoms with Gasteiger partial charge in [-0.1, -0.05) is 24.3 Å². The molecule has 2 fully saturated rings. The standard InChI is InChI=1S/C15H17NO/c16-10-14-5-2-8-17-15(14)13-4-1-3-12(9-13)11-6-7-11/h1,3-4,9,11,14-15H,2,5-8H2. The van der Waals surface area contributed by atoms with Crippen molar-refractivity contribution < 1.29 is 4.74 Å². The zero-order chi connectivity index (χ0) is 11.7. The smallest absolute Gasteiger partial charge is 0.0983 e. The van der Waals surface area contributed by atoms with Crippen molar-refractivity contribution in [3.8, 4) is 6.07 Å². The number of rotatable bonds is 2. The Kier molecular flexibility index (Phi) is 2.86. The molecule has 2 atom stereocenters. The number of nitrogens with zero attached hydrogens (tertiary/aromatic N) is 1. The molecule has 0 N–H and O–H groups in total. The SMILES string of the molecule is N#CC1CCCOC1c1cccc(C2CC2)c1. The van der Waals surface area contributed by atoms with Crippen LogP contribution in [-0.4, -0.2) is 6.61 Å². The predicted molar refractivity (Wildman–Crippen MR) is 65.4 cm³/mol. The highest BCUT2D eigenvalue weighted by molar-refractivity contribution is 5.31. The molecule has 1 aromatic carbocycles. The van der Waals surface area contributed by atoms with Crippen LogP contribution in [0.25, 0.3) is 0 Å². The molecule has 3 rings (SSSR count). The van der Waals surface area contributed by atoms with Crippen molar-refractivity contribution in [1.82, 2.24) is 0 Å². The summed E-state index contributed by atoms with van der Waals surface area (Å²) in [6.07, 6.45) is 4.60. The van der Waals surface area contributed by atoms with Gasteiger partial charge in [0, 0.05) is 6.61 Å². The Morgan fingerprint density at radius 2 is 2.00 bits per heavy atom. The molecular formula is C15H17NO. The van der Waals surface area contributed by atoms with E-state index < -0.39 is 0 Å². The van der Waals surface area contributed by atoms with Gasteiger partial charge in [-0.2, -0.15) is 5.26 Å². The van der Waals surface area contributed by atoms with E-state index in [0.717, 1.165) is 25.4 Å². The van der Waals surface area contributed by atoms with Crippen LogP contribution < -0.4 is 0 Å². The van der Waals surface area contributed by atoms with Gasteiger partial charge in [-0.25, -0.2) is 0 Å². The number of hydrogen-bond donors (Lipinski definition) is 0. The average molecular weight is 227 g/mol. The van der Waals surface area contributed by atoms with Crippen molar-refractivity contribution >= 4 is 0 Å². The van der Waals surface area contributed by atoms with Gasteiger partial charge in [-0.15, -0.1) is 0 Å². The molecule has 2 heteroatoms. The molecular weight excluding hydrogens is 210 g/mol. The highest BCUT2D eigenvalue weighted by Crippen LogP contribution is 2.42. The first-order valence-corrected chi connectivity index (χ1v) is 6.49. The molecule has 1 aliphatic carbocycles. The van der Waals surface area contributed by atoms with Crippen LogP contribution in [0.4, 0.5) is 0 Å². The molecule has 0 spiro atoms. The van der Waals surface area contributed by atoms with E-state index in [-0.39, 0.29) is 12.0 Å². The van der Waals surface area contributed by atoms with Crippen LogP contribution in [0, 0.1) is 17.2 Å². The van der Waals surface area contributed by atoms with Gasteiger partial charge in [0.15, 0.2) is 0 Å². The fourth-order valence-electron chi connectivity index (χ4n) is 2.65. The van der Waals surface area contributed by atoms with Crippen molar-refractivity contribution in [1.29, 1.82) is 5.26 Å². The molecule has 1 saturated heterocycles. The maximum atomic E-state index is 9.18. The Labute approximate surface area is 102 Å². The van der Waals surface area contributed by atoms with Crippen LogP contribution in [0.2, 0.25) is 0 Å². The molecule has 1 heterocycles. The van der Waals surface area contributed by atoms with Crippen LogP contribution >= 0.6 is 0 Å². The summed E-state index contributed by atoms with van der Waals surface area (Å²) in [4.78, 5) is 0. The molecule has 0 amide bonds. The molecule has 2 unspecified atom stereocenters. The molecule has 1 aromatic rings.